The Labute approximate surface area is 214 Å². The van der Waals surface area contributed by atoms with Crippen molar-refractivity contribution in [3.05, 3.63) is 65.4 Å². The summed E-state index contributed by atoms with van der Waals surface area (Å²) in [5.74, 6) is 5.36. The highest BCUT2D eigenvalue weighted by Crippen LogP contribution is 2.62. The van der Waals surface area contributed by atoms with Gasteiger partial charge in [-0.2, -0.15) is 0 Å². The van der Waals surface area contributed by atoms with E-state index in [-0.39, 0.29) is 0 Å². The van der Waals surface area contributed by atoms with Crippen LogP contribution in [0.5, 0.6) is 11.5 Å². The largest absolute Gasteiger partial charge is 0.455 e. The molecule has 0 radical (unpaired) electrons. The molecule has 4 fully saturated rings. The average molecular weight is 475 g/mol. The molecule has 2 nitrogen and oxygen atoms in total. The van der Waals surface area contributed by atoms with E-state index in [4.69, 9.17) is 4.74 Å². The molecule has 4 aromatic rings. The molecule has 2 heteroatoms. The summed E-state index contributed by atoms with van der Waals surface area (Å²) >= 11 is 0. The number of pyridine rings is 1. The van der Waals surface area contributed by atoms with Crippen molar-refractivity contribution in [2.45, 2.75) is 70.6 Å². The fourth-order valence-electron chi connectivity index (χ4n) is 9.30. The number of aryl methyl sites for hydroxylation is 2. The van der Waals surface area contributed by atoms with Gasteiger partial charge in [0.25, 0.3) is 0 Å². The number of nitrogens with zero attached hydrogens (tertiary/aromatic N) is 1. The summed E-state index contributed by atoms with van der Waals surface area (Å²) in [5, 5.41) is 5.30. The van der Waals surface area contributed by atoms with Crippen LogP contribution in [-0.2, 0) is 12.5 Å². The molecule has 0 amide bonds. The van der Waals surface area contributed by atoms with Crippen LogP contribution in [0.15, 0.2) is 48.7 Å². The Balaban J connectivity index is 1.42. The maximum absolute atomic E-state index is 7.08. The van der Waals surface area contributed by atoms with E-state index in [1.165, 1.54) is 82.5 Å². The summed E-state index contributed by atoms with van der Waals surface area (Å²) in [6.07, 6.45) is 10.9. The van der Waals surface area contributed by atoms with Gasteiger partial charge < -0.3 is 4.74 Å². The first-order valence-electron chi connectivity index (χ1n) is 14.1. The molecule has 0 saturated heterocycles. The molecule has 0 unspecified atom stereocenters. The van der Waals surface area contributed by atoms with Crippen molar-refractivity contribution in [2.24, 2.45) is 24.8 Å². The monoisotopic (exact) mass is 474 g/mol. The molecule has 4 saturated carbocycles. The molecular weight excluding hydrogens is 438 g/mol. The van der Waals surface area contributed by atoms with Crippen LogP contribution >= 0.6 is 0 Å². The van der Waals surface area contributed by atoms with Crippen molar-refractivity contribution in [1.82, 2.24) is 0 Å². The van der Waals surface area contributed by atoms with E-state index in [9.17, 15) is 0 Å². The third-order valence-electron chi connectivity index (χ3n) is 10.3. The number of hydrogen-bond acceptors (Lipinski definition) is 1. The van der Waals surface area contributed by atoms with Crippen LogP contribution in [0, 0.1) is 24.7 Å². The van der Waals surface area contributed by atoms with Gasteiger partial charge in [0.15, 0.2) is 6.20 Å². The van der Waals surface area contributed by atoms with Gasteiger partial charge in [-0.3, -0.25) is 0 Å². The summed E-state index contributed by atoms with van der Waals surface area (Å²) in [5.41, 5.74) is 7.17. The van der Waals surface area contributed by atoms with Crippen LogP contribution in [0.2, 0.25) is 0 Å². The lowest BCUT2D eigenvalue weighted by Crippen LogP contribution is -2.48. The third-order valence-corrected chi connectivity index (χ3v) is 10.3. The minimum Gasteiger partial charge on any atom is -0.455 e. The molecule has 0 N–H and O–H groups in total. The standard InChI is InChI=1S/C34H36NO/c1-19(2)29-27-8-6-5-7-26(27)20(3)30-32-31-24(9-10-35(32)4)14-25(15-28(31)36-33(29)30)34-16-21-11-22(17-34)13-23(12-21)18-34/h5-10,14-15,19,21-23H,11-13,16-18H2,1-4H3/q+1. The second-order valence-electron chi connectivity index (χ2n) is 13.0. The zero-order chi connectivity index (χ0) is 24.3. The second kappa shape index (κ2) is 7.12. The molecule has 1 aliphatic heterocycles. The predicted octanol–water partition coefficient (Wildman–Crippen LogP) is 8.49. The summed E-state index contributed by atoms with van der Waals surface area (Å²) in [4.78, 5) is 0. The number of rotatable bonds is 2. The SMILES string of the molecule is Cc1c2c(c(C(C)C)c3ccccc13)Oc1cc(C34CC5CC(CC(C5)C3)C4)cc3cc[n+](C)c-2c13. The van der Waals surface area contributed by atoms with Crippen molar-refractivity contribution in [3.63, 3.8) is 0 Å². The van der Waals surface area contributed by atoms with Gasteiger partial charge in [0, 0.05) is 11.6 Å². The number of hydrogen-bond donors (Lipinski definition) is 0. The van der Waals surface area contributed by atoms with E-state index >= 15 is 0 Å². The normalized spacial score (nSPS) is 27.6. The molecule has 36 heavy (non-hydrogen) atoms. The van der Waals surface area contributed by atoms with Crippen LogP contribution in [0.1, 0.15) is 75.0 Å². The highest BCUT2D eigenvalue weighted by Gasteiger charge is 2.52. The number of fused-ring (bicyclic) bond motifs is 3. The van der Waals surface area contributed by atoms with Crippen molar-refractivity contribution in [2.75, 3.05) is 0 Å². The van der Waals surface area contributed by atoms with Gasteiger partial charge >= 0.3 is 0 Å². The summed E-state index contributed by atoms with van der Waals surface area (Å²) < 4.78 is 9.40. The van der Waals surface area contributed by atoms with E-state index in [0.29, 0.717) is 11.3 Å². The van der Waals surface area contributed by atoms with Crippen molar-refractivity contribution in [1.29, 1.82) is 0 Å². The third kappa shape index (κ3) is 2.71. The molecule has 2 heterocycles. The molecule has 182 valence electrons. The Bertz CT molecular complexity index is 1560. The highest BCUT2D eigenvalue weighted by molar-refractivity contribution is 6.07. The van der Waals surface area contributed by atoms with E-state index < -0.39 is 0 Å². The first kappa shape index (κ1) is 21.2. The Morgan fingerprint density at radius 1 is 0.917 bits per heavy atom. The molecule has 1 aromatic heterocycles. The van der Waals surface area contributed by atoms with E-state index in [1.807, 2.05) is 0 Å². The summed E-state index contributed by atoms with van der Waals surface area (Å²) in [6.45, 7) is 6.90. The zero-order valence-electron chi connectivity index (χ0n) is 22.0. The highest BCUT2D eigenvalue weighted by atomic mass is 16.5. The molecule has 3 aromatic carbocycles. The fourth-order valence-corrected chi connectivity index (χ4v) is 9.30. The van der Waals surface area contributed by atoms with Crippen molar-refractivity contribution < 1.29 is 9.30 Å². The van der Waals surface area contributed by atoms with Crippen LogP contribution in [0.4, 0.5) is 0 Å². The average Bonchev–Trinajstić information content (AvgIpc) is 2.84. The molecule has 4 bridgehead atoms. The van der Waals surface area contributed by atoms with Gasteiger partial charge in [0.1, 0.15) is 18.5 Å². The van der Waals surface area contributed by atoms with Gasteiger partial charge in [0.2, 0.25) is 5.69 Å². The lowest BCUT2D eigenvalue weighted by Gasteiger charge is -2.57. The van der Waals surface area contributed by atoms with Crippen LogP contribution < -0.4 is 9.30 Å². The lowest BCUT2D eigenvalue weighted by atomic mass is 9.48. The zero-order valence-corrected chi connectivity index (χ0v) is 22.0. The van der Waals surface area contributed by atoms with E-state index in [2.05, 4.69) is 81.0 Å². The molecule has 9 rings (SSSR count). The first-order valence-corrected chi connectivity index (χ1v) is 14.1. The van der Waals surface area contributed by atoms with Gasteiger partial charge in [-0.25, -0.2) is 4.57 Å². The smallest absolute Gasteiger partial charge is 0.228 e. The van der Waals surface area contributed by atoms with Crippen molar-refractivity contribution >= 4 is 21.5 Å². The summed E-state index contributed by atoms with van der Waals surface area (Å²) in [7, 11) is 2.20. The minimum atomic E-state index is 0.363. The first-order chi connectivity index (χ1) is 17.4. The number of ether oxygens (including phenoxy) is 1. The predicted molar refractivity (Wildman–Crippen MR) is 147 cm³/mol. The van der Waals surface area contributed by atoms with Gasteiger partial charge in [-0.05, 0) is 114 Å². The maximum atomic E-state index is 7.08. The Morgan fingerprint density at radius 2 is 1.58 bits per heavy atom. The Hall–Kier alpha value is -2.87. The maximum Gasteiger partial charge on any atom is 0.228 e. The number of benzene rings is 3. The van der Waals surface area contributed by atoms with Gasteiger partial charge in [0.05, 0.1) is 10.9 Å². The Morgan fingerprint density at radius 3 is 2.25 bits per heavy atom. The van der Waals surface area contributed by atoms with Gasteiger partial charge in [-0.1, -0.05) is 38.1 Å². The van der Waals surface area contributed by atoms with Gasteiger partial charge in [-0.15, -0.1) is 0 Å². The minimum absolute atomic E-state index is 0.363. The Kier molecular flexibility index (Phi) is 4.20. The molecule has 0 atom stereocenters. The molecule has 0 spiro atoms. The fraction of sp³-hybridized carbons (Fsp3) is 0.441. The number of aromatic nitrogens is 1. The summed E-state index contributed by atoms with van der Waals surface area (Å²) in [6, 6.07) is 16.2. The topological polar surface area (TPSA) is 13.1 Å². The lowest BCUT2D eigenvalue weighted by molar-refractivity contribution is -0.659. The van der Waals surface area contributed by atoms with Crippen molar-refractivity contribution in [3.8, 4) is 22.8 Å². The second-order valence-corrected chi connectivity index (χ2v) is 13.0. The molecule has 5 aliphatic rings. The van der Waals surface area contributed by atoms with E-state index in [0.717, 1.165) is 29.3 Å². The van der Waals surface area contributed by atoms with Crippen LogP contribution in [-0.4, -0.2) is 0 Å². The van der Waals surface area contributed by atoms with Crippen LogP contribution in [0.3, 0.4) is 0 Å². The quantitative estimate of drug-likeness (QED) is 0.234. The van der Waals surface area contributed by atoms with E-state index in [1.54, 1.807) is 5.56 Å². The molecular formula is C34H36NO+. The molecule has 4 aliphatic carbocycles. The van der Waals surface area contributed by atoms with Crippen LogP contribution in [0.25, 0.3) is 32.8 Å².